The minimum Gasteiger partial charge on any atom is -0.396 e. The van der Waals surface area contributed by atoms with Gasteiger partial charge in [-0.2, -0.15) is 0 Å². The topological polar surface area (TPSA) is 65.6 Å². The molecule has 0 spiro atoms. The largest absolute Gasteiger partial charge is 0.396 e. The molecule has 1 aromatic heterocycles. The van der Waals surface area contributed by atoms with Gasteiger partial charge in [0.05, 0.1) is 12.2 Å². The molecule has 2 atom stereocenters. The third-order valence-electron chi connectivity index (χ3n) is 5.05. The number of rotatable bonds is 8. The molecular weight excluding hydrogens is 369 g/mol. The highest BCUT2D eigenvalue weighted by molar-refractivity contribution is 6.01. The van der Waals surface area contributed by atoms with Crippen LogP contribution in [0, 0.1) is 5.82 Å². The number of aliphatic hydroxyl groups excluding tert-OH is 3. The Hall–Kier alpha value is -2.47. The van der Waals surface area contributed by atoms with E-state index in [1.807, 2.05) is 24.3 Å². The number of nitrogens with zero attached hydrogens (tertiary/aromatic N) is 1. The van der Waals surface area contributed by atoms with Gasteiger partial charge in [0.25, 0.3) is 0 Å². The Balaban J connectivity index is 2.11. The first-order valence-electron chi connectivity index (χ1n) is 9.96. The first-order chi connectivity index (χ1) is 13.9. The molecule has 3 aromatic rings. The van der Waals surface area contributed by atoms with Gasteiger partial charge in [-0.3, -0.25) is 0 Å². The number of hydrogen-bond donors (Lipinski definition) is 3. The van der Waals surface area contributed by atoms with Gasteiger partial charge in [0.2, 0.25) is 0 Å². The summed E-state index contributed by atoms with van der Waals surface area (Å²) in [5.41, 5.74) is 3.87. The van der Waals surface area contributed by atoms with Crippen molar-refractivity contribution in [2.75, 3.05) is 6.61 Å². The molecule has 0 aliphatic rings. The third-order valence-corrected chi connectivity index (χ3v) is 5.05. The van der Waals surface area contributed by atoms with E-state index in [2.05, 4.69) is 24.5 Å². The Kier molecular flexibility index (Phi) is 6.85. The molecule has 0 aliphatic carbocycles. The van der Waals surface area contributed by atoms with Gasteiger partial charge in [0, 0.05) is 41.2 Å². The van der Waals surface area contributed by atoms with Crippen LogP contribution in [0.3, 0.4) is 0 Å². The Morgan fingerprint density at radius 1 is 1.03 bits per heavy atom. The fraction of sp³-hybridized carbons (Fsp3) is 0.333. The van der Waals surface area contributed by atoms with Crippen LogP contribution >= 0.6 is 0 Å². The van der Waals surface area contributed by atoms with E-state index < -0.39 is 12.2 Å². The van der Waals surface area contributed by atoms with Crippen LogP contribution in [0.2, 0.25) is 0 Å². The van der Waals surface area contributed by atoms with Gasteiger partial charge < -0.3 is 19.9 Å². The van der Waals surface area contributed by atoms with Gasteiger partial charge in [-0.15, -0.1) is 0 Å². The molecule has 0 amide bonds. The van der Waals surface area contributed by atoms with Crippen LogP contribution in [0.15, 0.2) is 54.6 Å². The molecule has 5 heteroatoms. The smallest absolute Gasteiger partial charge is 0.123 e. The molecule has 3 N–H and O–H groups in total. The second-order valence-electron chi connectivity index (χ2n) is 7.58. The van der Waals surface area contributed by atoms with E-state index in [9.17, 15) is 14.6 Å². The highest BCUT2D eigenvalue weighted by atomic mass is 19.1. The molecule has 154 valence electrons. The lowest BCUT2D eigenvalue weighted by Gasteiger charge is -2.15. The lowest BCUT2D eigenvalue weighted by atomic mass is 10.0. The van der Waals surface area contributed by atoms with E-state index in [0.717, 1.165) is 27.7 Å². The van der Waals surface area contributed by atoms with Crippen molar-refractivity contribution in [1.82, 2.24) is 4.57 Å². The normalized spacial score (nSPS) is 14.2. The molecule has 0 fully saturated rings. The minimum absolute atomic E-state index is 0.117. The van der Waals surface area contributed by atoms with Crippen LogP contribution in [0.4, 0.5) is 4.39 Å². The Bertz CT molecular complexity index is 976. The monoisotopic (exact) mass is 397 g/mol. The van der Waals surface area contributed by atoms with E-state index in [0.29, 0.717) is 0 Å². The summed E-state index contributed by atoms with van der Waals surface area (Å²) in [5, 5.41) is 30.1. The summed E-state index contributed by atoms with van der Waals surface area (Å²) in [5.74, 6) is -0.285. The standard InChI is InChI=1S/C24H28FNO3/c1-16(2)26-22-6-4-3-5-21(22)24(17-7-9-18(25)10-8-17)23(26)12-11-19(28)15-20(29)13-14-27/h3-12,16,19-20,27-29H,13-15H2,1-2H3/b12-11+/t19-,20+/m1/s1. The fourth-order valence-electron chi connectivity index (χ4n) is 3.75. The van der Waals surface area contributed by atoms with E-state index in [1.165, 1.54) is 12.1 Å². The summed E-state index contributed by atoms with van der Waals surface area (Å²) in [6.45, 7) is 4.08. The molecule has 0 aliphatic heterocycles. The number of halogens is 1. The van der Waals surface area contributed by atoms with Crippen LogP contribution in [-0.2, 0) is 0 Å². The number of benzene rings is 2. The van der Waals surface area contributed by atoms with E-state index >= 15 is 0 Å². The quantitative estimate of drug-likeness (QED) is 0.523. The van der Waals surface area contributed by atoms with Crippen molar-refractivity contribution < 1.29 is 19.7 Å². The lowest BCUT2D eigenvalue weighted by Crippen LogP contribution is -2.17. The highest BCUT2D eigenvalue weighted by Gasteiger charge is 2.19. The van der Waals surface area contributed by atoms with Crippen LogP contribution in [0.1, 0.15) is 38.4 Å². The summed E-state index contributed by atoms with van der Waals surface area (Å²) in [6, 6.07) is 14.7. The maximum Gasteiger partial charge on any atom is 0.123 e. The van der Waals surface area contributed by atoms with Crippen molar-refractivity contribution in [3.8, 4) is 11.1 Å². The summed E-state index contributed by atoms with van der Waals surface area (Å²) >= 11 is 0. The zero-order chi connectivity index (χ0) is 21.0. The van der Waals surface area contributed by atoms with Crippen molar-refractivity contribution >= 4 is 17.0 Å². The molecule has 0 radical (unpaired) electrons. The Morgan fingerprint density at radius 3 is 2.38 bits per heavy atom. The van der Waals surface area contributed by atoms with Crippen molar-refractivity contribution in [3.05, 3.63) is 66.1 Å². The maximum absolute atomic E-state index is 13.5. The first kappa shape index (κ1) is 21.2. The molecule has 0 bridgehead atoms. The van der Waals surface area contributed by atoms with Gasteiger partial charge in [0.15, 0.2) is 0 Å². The van der Waals surface area contributed by atoms with E-state index in [4.69, 9.17) is 5.11 Å². The van der Waals surface area contributed by atoms with E-state index in [1.54, 1.807) is 18.2 Å². The molecule has 29 heavy (non-hydrogen) atoms. The van der Waals surface area contributed by atoms with Crippen molar-refractivity contribution in [3.63, 3.8) is 0 Å². The van der Waals surface area contributed by atoms with Crippen LogP contribution in [0.5, 0.6) is 0 Å². The third kappa shape index (κ3) is 4.75. The molecule has 0 saturated carbocycles. The average molecular weight is 397 g/mol. The number of fused-ring (bicyclic) bond motifs is 1. The maximum atomic E-state index is 13.5. The summed E-state index contributed by atoms with van der Waals surface area (Å²) in [4.78, 5) is 0. The SMILES string of the molecule is CC(C)n1c(/C=C/[C@@H](O)C[C@@H](O)CCO)c(-c2ccc(F)cc2)c2ccccc21. The minimum atomic E-state index is -0.837. The predicted molar refractivity (Wildman–Crippen MR) is 115 cm³/mol. The van der Waals surface area contributed by atoms with Gasteiger partial charge >= 0.3 is 0 Å². The van der Waals surface area contributed by atoms with Crippen molar-refractivity contribution in [1.29, 1.82) is 0 Å². The molecule has 3 rings (SSSR count). The van der Waals surface area contributed by atoms with Gasteiger partial charge in [-0.1, -0.05) is 36.4 Å². The van der Waals surface area contributed by atoms with Crippen LogP contribution in [0.25, 0.3) is 28.1 Å². The molecule has 4 nitrogen and oxygen atoms in total. The van der Waals surface area contributed by atoms with Crippen molar-refractivity contribution in [2.45, 2.75) is 44.9 Å². The summed E-state index contributed by atoms with van der Waals surface area (Å²) in [7, 11) is 0. The van der Waals surface area contributed by atoms with Gasteiger partial charge in [-0.05, 0) is 50.1 Å². The lowest BCUT2D eigenvalue weighted by molar-refractivity contribution is 0.0827. The highest BCUT2D eigenvalue weighted by Crippen LogP contribution is 2.38. The van der Waals surface area contributed by atoms with E-state index in [-0.39, 0.29) is 31.3 Å². The predicted octanol–water partition coefficient (Wildman–Crippen LogP) is 4.54. The first-order valence-corrected chi connectivity index (χ1v) is 9.96. The van der Waals surface area contributed by atoms with Crippen molar-refractivity contribution in [2.24, 2.45) is 0 Å². The molecule has 0 unspecified atom stereocenters. The van der Waals surface area contributed by atoms with Gasteiger partial charge in [-0.25, -0.2) is 4.39 Å². The molecule has 1 heterocycles. The molecular formula is C24H28FNO3. The summed E-state index contributed by atoms with van der Waals surface area (Å²) in [6.07, 6.45) is 2.34. The zero-order valence-electron chi connectivity index (χ0n) is 16.8. The number of aromatic nitrogens is 1. The molecule has 2 aromatic carbocycles. The van der Waals surface area contributed by atoms with Crippen LogP contribution < -0.4 is 0 Å². The summed E-state index contributed by atoms with van der Waals surface area (Å²) < 4.78 is 15.7. The van der Waals surface area contributed by atoms with Gasteiger partial charge in [0.1, 0.15) is 5.82 Å². The molecule has 0 saturated heterocycles. The average Bonchev–Trinajstić information content (AvgIpc) is 3.01. The number of hydrogen-bond acceptors (Lipinski definition) is 3. The number of para-hydroxylation sites is 1. The zero-order valence-corrected chi connectivity index (χ0v) is 16.8. The second kappa shape index (κ2) is 9.35. The number of aliphatic hydroxyl groups is 3. The van der Waals surface area contributed by atoms with Crippen LogP contribution in [-0.4, -0.2) is 38.7 Å². The Labute approximate surface area is 170 Å². The second-order valence-corrected chi connectivity index (χ2v) is 7.58. The fourth-order valence-corrected chi connectivity index (χ4v) is 3.75. The Morgan fingerprint density at radius 2 is 1.72 bits per heavy atom.